The van der Waals surface area contributed by atoms with Crippen molar-refractivity contribution in [2.24, 2.45) is 0 Å². The van der Waals surface area contributed by atoms with Crippen LogP contribution in [0, 0.1) is 13.8 Å². The summed E-state index contributed by atoms with van der Waals surface area (Å²) >= 11 is 0. The Balaban J connectivity index is 0.964. The van der Waals surface area contributed by atoms with E-state index < -0.39 is 0 Å². The van der Waals surface area contributed by atoms with Crippen molar-refractivity contribution in [3.05, 3.63) is 192 Å². The molecule has 3 aromatic heterocycles. The first-order valence-corrected chi connectivity index (χ1v) is 26.1. The Morgan fingerprint density at radius 3 is 1.38 bits per heavy atom. The van der Waals surface area contributed by atoms with Crippen molar-refractivity contribution in [1.82, 2.24) is 0 Å². The van der Waals surface area contributed by atoms with Crippen LogP contribution in [-0.2, 0) is 0 Å². The smallest absolute Gasteiger partial charge is 0.159 e. The summed E-state index contributed by atoms with van der Waals surface area (Å²) < 4.78 is 21.5. The lowest BCUT2D eigenvalue weighted by molar-refractivity contribution is 0.442. The Morgan fingerprint density at radius 2 is 0.803 bits per heavy atom. The molecule has 0 aliphatic heterocycles. The standard InChI is InChI=1S/C66H56N2O3/c1-41-19-9-13-33-55(41)67(57-35-17-31-52-50-29-15-27-46(63(50)70-65(52)57)43-21-5-3-6-22-43)45-37-38-54-60(39-45)69-61-40-59(48-25-11-12-26-49(48)62(54)61)68(56-34-14-10-20-42(56)2)58-36-18-32-53-51-30-16-28-47(64(51)71-66(53)58)44-23-7-4-8-24-44/h9-20,25-40,43-44H,3-8,21-24H2,1-2H3. The van der Waals surface area contributed by atoms with Gasteiger partial charge in [-0.05, 0) is 115 Å². The van der Waals surface area contributed by atoms with Gasteiger partial charge in [-0.15, -0.1) is 0 Å². The maximum atomic E-state index is 7.20. The third-order valence-corrected chi connectivity index (χ3v) is 16.3. The highest BCUT2D eigenvalue weighted by atomic mass is 16.3. The minimum atomic E-state index is 0.519. The zero-order valence-electron chi connectivity index (χ0n) is 40.5. The van der Waals surface area contributed by atoms with Crippen molar-refractivity contribution in [2.45, 2.75) is 89.9 Å². The number of nitrogens with zero attached hydrogens (tertiary/aromatic N) is 2. The lowest BCUT2D eigenvalue weighted by Gasteiger charge is -2.28. The monoisotopic (exact) mass is 924 g/mol. The second kappa shape index (κ2) is 17.0. The molecule has 3 heterocycles. The second-order valence-corrected chi connectivity index (χ2v) is 20.5. The largest absolute Gasteiger partial charge is 0.456 e. The molecule has 5 nitrogen and oxygen atoms in total. The molecule has 0 radical (unpaired) electrons. The van der Waals surface area contributed by atoms with E-state index in [1.807, 2.05) is 0 Å². The highest BCUT2D eigenvalue weighted by molar-refractivity contribution is 6.23. The molecule has 2 aliphatic carbocycles. The molecule has 0 saturated heterocycles. The fourth-order valence-corrected chi connectivity index (χ4v) is 12.8. The van der Waals surface area contributed by atoms with Crippen LogP contribution in [0.5, 0.6) is 0 Å². The first kappa shape index (κ1) is 42.1. The molecule has 2 fully saturated rings. The lowest BCUT2D eigenvalue weighted by Crippen LogP contribution is -2.12. The zero-order chi connectivity index (χ0) is 47.2. The molecule has 2 saturated carbocycles. The van der Waals surface area contributed by atoms with E-state index >= 15 is 0 Å². The SMILES string of the molecule is Cc1ccccc1N(c1ccc2c(c1)oc1cc(N(c3ccccc3C)c3cccc4c3oc3c(C5CCCCC5)cccc34)c3ccccc3c12)c1cccc2c1oc1c(C3CCCCC3)cccc12. The van der Waals surface area contributed by atoms with Crippen LogP contribution in [0.15, 0.2) is 183 Å². The molecule has 348 valence electrons. The van der Waals surface area contributed by atoms with E-state index in [0.29, 0.717) is 11.8 Å². The Kier molecular flexibility index (Phi) is 10.1. The molecule has 0 amide bonds. The van der Waals surface area contributed by atoms with Gasteiger partial charge in [0.05, 0.1) is 22.7 Å². The molecule has 12 aromatic rings. The number of benzene rings is 9. The van der Waals surface area contributed by atoms with Crippen LogP contribution >= 0.6 is 0 Å². The van der Waals surface area contributed by atoms with Crippen LogP contribution in [0.3, 0.4) is 0 Å². The van der Waals surface area contributed by atoms with Gasteiger partial charge < -0.3 is 23.1 Å². The fourth-order valence-electron chi connectivity index (χ4n) is 12.8. The maximum absolute atomic E-state index is 7.20. The first-order chi connectivity index (χ1) is 35.1. The number of rotatable bonds is 8. The number of aryl methyl sites for hydroxylation is 2. The van der Waals surface area contributed by atoms with E-state index in [0.717, 1.165) is 99.9 Å². The second-order valence-electron chi connectivity index (χ2n) is 20.5. The van der Waals surface area contributed by atoms with Gasteiger partial charge in [0, 0.05) is 61.2 Å². The van der Waals surface area contributed by atoms with Gasteiger partial charge in [0.15, 0.2) is 11.2 Å². The van der Waals surface area contributed by atoms with Gasteiger partial charge in [-0.3, -0.25) is 0 Å². The third-order valence-electron chi connectivity index (χ3n) is 16.3. The van der Waals surface area contributed by atoms with Crippen LogP contribution in [0.25, 0.3) is 76.6 Å². The van der Waals surface area contributed by atoms with Crippen molar-refractivity contribution in [1.29, 1.82) is 0 Å². The molecule has 0 spiro atoms. The molecule has 14 rings (SSSR count). The Morgan fingerprint density at radius 1 is 0.338 bits per heavy atom. The predicted molar refractivity (Wildman–Crippen MR) is 296 cm³/mol. The van der Waals surface area contributed by atoms with Crippen molar-refractivity contribution in [3.63, 3.8) is 0 Å². The topological polar surface area (TPSA) is 45.9 Å². The van der Waals surface area contributed by atoms with Crippen LogP contribution in [-0.4, -0.2) is 0 Å². The van der Waals surface area contributed by atoms with Crippen molar-refractivity contribution in [3.8, 4) is 0 Å². The summed E-state index contributed by atoms with van der Waals surface area (Å²) in [7, 11) is 0. The highest BCUT2D eigenvalue weighted by Gasteiger charge is 2.28. The summed E-state index contributed by atoms with van der Waals surface area (Å²) in [4.78, 5) is 4.78. The lowest BCUT2D eigenvalue weighted by atomic mass is 9.83. The molecule has 0 N–H and O–H groups in total. The summed E-state index contributed by atoms with van der Waals surface area (Å²) in [6.07, 6.45) is 12.6. The average molecular weight is 925 g/mol. The third kappa shape index (κ3) is 6.80. The first-order valence-electron chi connectivity index (χ1n) is 26.1. The number of furan rings is 3. The van der Waals surface area contributed by atoms with Gasteiger partial charge in [-0.2, -0.15) is 0 Å². The van der Waals surface area contributed by atoms with Gasteiger partial charge in [-0.1, -0.05) is 160 Å². The molecule has 9 aromatic carbocycles. The molecular weight excluding hydrogens is 869 g/mol. The number of anilines is 6. The number of hydrogen-bond acceptors (Lipinski definition) is 5. The van der Waals surface area contributed by atoms with E-state index in [9.17, 15) is 0 Å². The van der Waals surface area contributed by atoms with Crippen molar-refractivity contribution < 1.29 is 13.3 Å². The number of fused-ring (bicyclic) bond motifs is 11. The van der Waals surface area contributed by atoms with Crippen LogP contribution in [0.2, 0.25) is 0 Å². The summed E-state index contributed by atoms with van der Waals surface area (Å²) in [5, 5.41) is 9.10. The zero-order valence-corrected chi connectivity index (χ0v) is 40.5. The van der Waals surface area contributed by atoms with Crippen LogP contribution in [0.4, 0.5) is 34.1 Å². The maximum Gasteiger partial charge on any atom is 0.159 e. The summed E-state index contributed by atoms with van der Waals surface area (Å²) in [5.74, 6) is 1.05. The van der Waals surface area contributed by atoms with E-state index in [2.05, 4.69) is 194 Å². The highest BCUT2D eigenvalue weighted by Crippen LogP contribution is 2.51. The Bertz CT molecular complexity index is 4030. The molecule has 0 unspecified atom stereocenters. The molecular formula is C66H56N2O3. The predicted octanol–water partition coefficient (Wildman–Crippen LogP) is 20.2. The molecule has 0 bridgehead atoms. The average Bonchev–Trinajstić information content (AvgIpc) is 4.13. The van der Waals surface area contributed by atoms with Crippen molar-refractivity contribution >= 4 is 111 Å². The van der Waals surface area contributed by atoms with E-state index in [4.69, 9.17) is 13.3 Å². The summed E-state index contributed by atoms with van der Waals surface area (Å²) in [6.45, 7) is 4.39. The summed E-state index contributed by atoms with van der Waals surface area (Å²) in [5.41, 5.74) is 16.8. The quantitative estimate of drug-likeness (QED) is 0.152. The van der Waals surface area contributed by atoms with E-state index in [1.165, 1.54) is 97.2 Å². The molecule has 71 heavy (non-hydrogen) atoms. The van der Waals surface area contributed by atoms with Gasteiger partial charge in [-0.25, -0.2) is 0 Å². The van der Waals surface area contributed by atoms with E-state index in [-0.39, 0.29) is 0 Å². The van der Waals surface area contributed by atoms with Crippen molar-refractivity contribution in [2.75, 3.05) is 9.80 Å². The van der Waals surface area contributed by atoms with Gasteiger partial charge in [0.1, 0.15) is 22.3 Å². The van der Waals surface area contributed by atoms with Gasteiger partial charge in [0.2, 0.25) is 0 Å². The molecule has 0 atom stereocenters. The van der Waals surface area contributed by atoms with Crippen LogP contribution in [0.1, 0.15) is 98.3 Å². The molecule has 5 heteroatoms. The summed E-state index contributed by atoms with van der Waals surface area (Å²) in [6, 6.07) is 62.0. The Labute approximate surface area is 413 Å². The minimum Gasteiger partial charge on any atom is -0.456 e. The van der Waals surface area contributed by atoms with Crippen LogP contribution < -0.4 is 9.80 Å². The molecule has 2 aliphatic rings. The minimum absolute atomic E-state index is 0.519. The Hall–Kier alpha value is -7.76. The normalized spacial score (nSPS) is 15.1. The van der Waals surface area contributed by atoms with Gasteiger partial charge >= 0.3 is 0 Å². The van der Waals surface area contributed by atoms with Gasteiger partial charge in [0.25, 0.3) is 0 Å². The van der Waals surface area contributed by atoms with E-state index in [1.54, 1.807) is 0 Å². The fraction of sp³-hybridized carbons (Fsp3) is 0.212. The number of hydrogen-bond donors (Lipinski definition) is 0. The number of para-hydroxylation sites is 6.